The van der Waals surface area contributed by atoms with Crippen LogP contribution >= 0.6 is 7.82 Å². The Labute approximate surface area is 251 Å². The minimum atomic E-state index is -4.20. The standard InChI is InChI=1S/C32H37O10P/c1-24(32(35)37-20-27-13-7-4-8-14-27)31(42-26(3)34)19-30(41-25(2)33)23-40-43(36,38-21-28-15-9-5-10-16-28)39-22-29-17-11-6-12-18-29/h4-18,24,30-31H,19-23H2,1-3H3/t24-,30+,31+/m1/s1. The maximum atomic E-state index is 13.7. The Hall–Kier alpha value is -3.82. The summed E-state index contributed by atoms with van der Waals surface area (Å²) < 4.78 is 46.9. The van der Waals surface area contributed by atoms with Gasteiger partial charge in [-0.2, -0.15) is 0 Å². The molecule has 0 aromatic heterocycles. The highest BCUT2D eigenvalue weighted by molar-refractivity contribution is 7.48. The second-order valence-corrected chi connectivity index (χ2v) is 11.4. The maximum Gasteiger partial charge on any atom is 0.475 e. The zero-order chi connectivity index (χ0) is 31.1. The molecule has 0 spiro atoms. The smallest absolute Gasteiger partial charge is 0.462 e. The Morgan fingerprint density at radius 2 is 1.09 bits per heavy atom. The number of esters is 3. The van der Waals surface area contributed by atoms with Crippen LogP contribution in [0, 0.1) is 5.92 Å². The molecule has 0 heterocycles. The van der Waals surface area contributed by atoms with E-state index in [1.807, 2.05) is 66.7 Å². The first-order chi connectivity index (χ1) is 20.6. The third kappa shape index (κ3) is 12.5. The fraction of sp³-hybridized carbons (Fsp3) is 0.344. The van der Waals surface area contributed by atoms with Crippen molar-refractivity contribution in [3.05, 3.63) is 108 Å². The molecule has 0 bridgehead atoms. The van der Waals surface area contributed by atoms with Crippen molar-refractivity contribution >= 4 is 25.7 Å². The summed E-state index contributed by atoms with van der Waals surface area (Å²) in [5, 5.41) is 0. The molecule has 0 aliphatic carbocycles. The molecule has 0 amide bonds. The summed E-state index contributed by atoms with van der Waals surface area (Å²) in [7, 11) is -4.20. The van der Waals surface area contributed by atoms with Gasteiger partial charge in [0.25, 0.3) is 0 Å². The fourth-order valence-corrected chi connectivity index (χ4v) is 5.15. The van der Waals surface area contributed by atoms with E-state index >= 15 is 0 Å². The lowest BCUT2D eigenvalue weighted by Gasteiger charge is -2.27. The number of benzene rings is 3. The topological polar surface area (TPSA) is 124 Å². The molecule has 0 aliphatic rings. The highest BCUT2D eigenvalue weighted by Gasteiger charge is 2.35. The van der Waals surface area contributed by atoms with Crippen molar-refractivity contribution in [2.75, 3.05) is 6.61 Å². The first-order valence-electron chi connectivity index (χ1n) is 13.8. The normalized spacial score (nSPS) is 13.4. The van der Waals surface area contributed by atoms with Crippen LogP contribution in [0.4, 0.5) is 0 Å². The summed E-state index contributed by atoms with van der Waals surface area (Å²) >= 11 is 0. The molecule has 0 saturated heterocycles. The number of rotatable bonds is 17. The Morgan fingerprint density at radius 3 is 1.53 bits per heavy atom. The first-order valence-corrected chi connectivity index (χ1v) is 15.3. The SMILES string of the molecule is CC(=O)O[C@H](COP(=O)(OCc1ccccc1)OCc1ccccc1)C[C@H](OC(C)=O)[C@@H](C)C(=O)OCc1ccccc1. The van der Waals surface area contributed by atoms with Crippen molar-refractivity contribution in [1.82, 2.24) is 0 Å². The van der Waals surface area contributed by atoms with Gasteiger partial charge in [0.15, 0.2) is 0 Å². The lowest BCUT2D eigenvalue weighted by Crippen LogP contribution is -2.37. The van der Waals surface area contributed by atoms with E-state index in [2.05, 4.69) is 0 Å². The molecule has 3 rings (SSSR count). The van der Waals surface area contributed by atoms with E-state index in [1.54, 1.807) is 31.2 Å². The van der Waals surface area contributed by atoms with Gasteiger partial charge in [-0.05, 0) is 23.6 Å². The second kappa shape index (κ2) is 17.3. The predicted octanol–water partition coefficient (Wildman–Crippen LogP) is 6.18. The van der Waals surface area contributed by atoms with Crippen LogP contribution < -0.4 is 0 Å². The molecule has 0 radical (unpaired) electrons. The Balaban J connectivity index is 1.71. The number of phosphoric ester groups is 1. The Kier molecular flexibility index (Phi) is 13.6. The molecule has 11 heteroatoms. The summed E-state index contributed by atoms with van der Waals surface area (Å²) in [4.78, 5) is 36.7. The van der Waals surface area contributed by atoms with Crippen molar-refractivity contribution in [2.24, 2.45) is 5.92 Å². The average Bonchev–Trinajstić information content (AvgIpc) is 3.01. The number of phosphoric acid groups is 1. The first kappa shape index (κ1) is 33.7. The Morgan fingerprint density at radius 1 is 0.651 bits per heavy atom. The molecule has 10 nitrogen and oxygen atoms in total. The van der Waals surface area contributed by atoms with Crippen molar-refractivity contribution in [3.63, 3.8) is 0 Å². The zero-order valence-electron chi connectivity index (χ0n) is 24.5. The molecule has 230 valence electrons. The molecule has 0 N–H and O–H groups in total. The van der Waals surface area contributed by atoms with Crippen LogP contribution in [0.15, 0.2) is 91.0 Å². The second-order valence-electron chi connectivity index (χ2n) is 9.76. The molecule has 3 aromatic carbocycles. The number of ether oxygens (including phenoxy) is 3. The van der Waals surface area contributed by atoms with Gasteiger partial charge in [0, 0.05) is 20.3 Å². The summed E-state index contributed by atoms with van der Waals surface area (Å²) in [6.07, 6.45) is -2.25. The zero-order valence-corrected chi connectivity index (χ0v) is 25.4. The van der Waals surface area contributed by atoms with Crippen LogP contribution in [-0.2, 0) is 66.6 Å². The molecular formula is C32H37O10P. The van der Waals surface area contributed by atoms with Crippen LogP contribution in [0.2, 0.25) is 0 Å². The molecular weight excluding hydrogens is 575 g/mol. The monoisotopic (exact) mass is 612 g/mol. The van der Waals surface area contributed by atoms with E-state index in [0.29, 0.717) is 0 Å². The number of carbonyl (C=O) groups excluding carboxylic acids is 3. The lowest BCUT2D eigenvalue weighted by atomic mass is 9.99. The summed E-state index contributed by atoms with van der Waals surface area (Å²) in [6, 6.07) is 27.2. The molecule has 0 saturated carbocycles. The summed E-state index contributed by atoms with van der Waals surface area (Å²) in [5.74, 6) is -2.82. The predicted molar refractivity (Wildman–Crippen MR) is 157 cm³/mol. The van der Waals surface area contributed by atoms with Gasteiger partial charge in [-0.1, -0.05) is 91.0 Å². The molecule has 3 atom stereocenters. The quantitative estimate of drug-likeness (QED) is 0.0992. The average molecular weight is 613 g/mol. The van der Waals surface area contributed by atoms with Crippen molar-refractivity contribution < 1.29 is 46.7 Å². The summed E-state index contributed by atoms with van der Waals surface area (Å²) in [6.45, 7) is 3.43. The van der Waals surface area contributed by atoms with Gasteiger partial charge in [0.1, 0.15) is 18.8 Å². The van der Waals surface area contributed by atoms with Gasteiger partial charge in [-0.3, -0.25) is 28.0 Å². The van der Waals surface area contributed by atoms with Gasteiger partial charge < -0.3 is 14.2 Å². The van der Waals surface area contributed by atoms with Crippen LogP contribution in [0.3, 0.4) is 0 Å². The number of carbonyl (C=O) groups is 3. The van der Waals surface area contributed by atoms with Crippen molar-refractivity contribution in [2.45, 2.75) is 59.2 Å². The van der Waals surface area contributed by atoms with E-state index in [4.69, 9.17) is 27.8 Å². The number of hydrogen-bond donors (Lipinski definition) is 0. The fourth-order valence-electron chi connectivity index (χ4n) is 3.97. The largest absolute Gasteiger partial charge is 0.475 e. The van der Waals surface area contributed by atoms with Gasteiger partial charge in [-0.25, -0.2) is 4.57 Å². The third-order valence-electron chi connectivity index (χ3n) is 6.18. The Bertz CT molecular complexity index is 1290. The van der Waals surface area contributed by atoms with Gasteiger partial charge in [0.05, 0.1) is 25.7 Å². The van der Waals surface area contributed by atoms with Crippen molar-refractivity contribution in [3.8, 4) is 0 Å². The summed E-state index contributed by atoms with van der Waals surface area (Å²) in [5.41, 5.74) is 2.27. The highest BCUT2D eigenvalue weighted by atomic mass is 31.2. The molecule has 43 heavy (non-hydrogen) atoms. The molecule has 0 unspecified atom stereocenters. The van der Waals surface area contributed by atoms with E-state index in [-0.39, 0.29) is 26.2 Å². The van der Waals surface area contributed by atoms with Crippen LogP contribution in [0.25, 0.3) is 0 Å². The minimum Gasteiger partial charge on any atom is -0.462 e. The van der Waals surface area contributed by atoms with Gasteiger partial charge in [-0.15, -0.1) is 0 Å². The van der Waals surface area contributed by atoms with E-state index in [1.165, 1.54) is 13.8 Å². The van der Waals surface area contributed by atoms with Gasteiger partial charge in [0.2, 0.25) is 0 Å². The molecule has 0 fully saturated rings. The van der Waals surface area contributed by atoms with Crippen LogP contribution in [0.5, 0.6) is 0 Å². The van der Waals surface area contributed by atoms with Crippen molar-refractivity contribution in [1.29, 1.82) is 0 Å². The maximum absolute atomic E-state index is 13.7. The molecule has 3 aromatic rings. The van der Waals surface area contributed by atoms with E-state index < -0.39 is 50.5 Å². The van der Waals surface area contributed by atoms with E-state index in [0.717, 1.165) is 16.7 Å². The number of hydrogen-bond acceptors (Lipinski definition) is 10. The lowest BCUT2D eigenvalue weighted by molar-refractivity contribution is -0.164. The minimum absolute atomic E-state index is 0.0357. The van der Waals surface area contributed by atoms with Crippen LogP contribution in [-0.4, -0.2) is 36.7 Å². The van der Waals surface area contributed by atoms with Gasteiger partial charge >= 0.3 is 25.7 Å². The third-order valence-corrected chi connectivity index (χ3v) is 7.54. The molecule has 0 aliphatic heterocycles. The van der Waals surface area contributed by atoms with E-state index in [9.17, 15) is 18.9 Å². The highest BCUT2D eigenvalue weighted by Crippen LogP contribution is 2.51. The van der Waals surface area contributed by atoms with Crippen LogP contribution in [0.1, 0.15) is 43.9 Å².